The number of unbranched alkanes of at least 4 members (excludes halogenated alkanes) is 2. The summed E-state index contributed by atoms with van der Waals surface area (Å²) in [4.78, 5) is 23.0. The van der Waals surface area contributed by atoms with Gasteiger partial charge in [0.25, 0.3) is 5.91 Å². The Labute approximate surface area is 125 Å². The van der Waals surface area contributed by atoms with Gasteiger partial charge in [0.2, 0.25) is 0 Å². The number of amides is 1. The van der Waals surface area contributed by atoms with E-state index in [9.17, 15) is 9.59 Å². The molecule has 0 atom stereocenters. The van der Waals surface area contributed by atoms with E-state index in [0.29, 0.717) is 18.8 Å². The highest BCUT2D eigenvalue weighted by molar-refractivity contribution is 5.95. The Hall–Kier alpha value is -2.04. The summed E-state index contributed by atoms with van der Waals surface area (Å²) in [6.07, 6.45) is 3.33. The smallest absolute Gasteiger partial charge is 0.325 e. The molecule has 1 amide bonds. The molecule has 1 rings (SSSR count). The molecule has 21 heavy (non-hydrogen) atoms. The number of esters is 1. The van der Waals surface area contributed by atoms with Crippen LogP contribution in [0.25, 0.3) is 0 Å². The molecule has 0 saturated heterocycles. The minimum atomic E-state index is -0.443. The van der Waals surface area contributed by atoms with Crippen LogP contribution >= 0.6 is 0 Å². The topological polar surface area (TPSA) is 64.6 Å². The summed E-state index contributed by atoms with van der Waals surface area (Å²) in [6, 6.07) is 6.86. The Balaban J connectivity index is 2.38. The summed E-state index contributed by atoms with van der Waals surface area (Å²) in [5, 5.41) is 2.51. The molecule has 5 heteroatoms. The molecule has 0 aliphatic rings. The van der Waals surface area contributed by atoms with Crippen LogP contribution < -0.4 is 10.1 Å². The highest BCUT2D eigenvalue weighted by atomic mass is 16.5. The number of carbonyl (C=O) groups excluding carboxylic acids is 2. The Morgan fingerprint density at radius 1 is 1.10 bits per heavy atom. The van der Waals surface area contributed by atoms with Crippen molar-refractivity contribution in [3.05, 3.63) is 29.8 Å². The third-order valence-electron chi connectivity index (χ3n) is 2.83. The molecule has 0 saturated carbocycles. The van der Waals surface area contributed by atoms with Gasteiger partial charge in [0.1, 0.15) is 12.3 Å². The van der Waals surface area contributed by atoms with Gasteiger partial charge in [0.05, 0.1) is 13.2 Å². The number of benzene rings is 1. The van der Waals surface area contributed by atoms with Crippen LogP contribution in [-0.2, 0) is 9.53 Å². The minimum absolute atomic E-state index is 0.123. The van der Waals surface area contributed by atoms with E-state index in [1.54, 1.807) is 31.2 Å². The van der Waals surface area contributed by atoms with Gasteiger partial charge in [-0.2, -0.15) is 0 Å². The Kier molecular flexibility index (Phi) is 7.94. The SMILES string of the molecule is CCCCCOc1ccc(C(=O)NCC(=O)OCC)cc1. The fraction of sp³-hybridized carbons (Fsp3) is 0.500. The van der Waals surface area contributed by atoms with E-state index >= 15 is 0 Å². The molecule has 116 valence electrons. The van der Waals surface area contributed by atoms with Crippen molar-refractivity contribution in [3.63, 3.8) is 0 Å². The second-order valence-corrected chi connectivity index (χ2v) is 4.57. The van der Waals surface area contributed by atoms with Crippen molar-refractivity contribution in [2.75, 3.05) is 19.8 Å². The number of hydrogen-bond donors (Lipinski definition) is 1. The minimum Gasteiger partial charge on any atom is -0.494 e. The third kappa shape index (κ3) is 6.79. The van der Waals surface area contributed by atoms with E-state index in [4.69, 9.17) is 9.47 Å². The molecule has 0 aromatic heterocycles. The number of rotatable bonds is 9. The standard InChI is InChI=1S/C16H23NO4/c1-3-5-6-11-21-14-9-7-13(8-10-14)16(19)17-12-15(18)20-4-2/h7-10H,3-6,11-12H2,1-2H3,(H,17,19). The number of ether oxygens (including phenoxy) is 2. The van der Waals surface area contributed by atoms with E-state index in [2.05, 4.69) is 12.2 Å². The monoisotopic (exact) mass is 293 g/mol. The van der Waals surface area contributed by atoms with Crippen molar-refractivity contribution in [1.29, 1.82) is 0 Å². The van der Waals surface area contributed by atoms with E-state index in [-0.39, 0.29) is 12.5 Å². The quantitative estimate of drug-likeness (QED) is 0.561. The number of carbonyl (C=O) groups is 2. The molecule has 0 heterocycles. The van der Waals surface area contributed by atoms with Gasteiger partial charge >= 0.3 is 5.97 Å². The fourth-order valence-corrected chi connectivity index (χ4v) is 1.71. The van der Waals surface area contributed by atoms with Gasteiger partial charge in [0, 0.05) is 5.56 Å². The second kappa shape index (κ2) is 9.80. The zero-order valence-corrected chi connectivity index (χ0v) is 12.7. The summed E-state index contributed by atoms with van der Waals surface area (Å²) in [5.41, 5.74) is 0.486. The van der Waals surface area contributed by atoms with Gasteiger partial charge in [-0.25, -0.2) is 0 Å². The summed E-state index contributed by atoms with van der Waals surface area (Å²) < 4.78 is 10.3. The van der Waals surface area contributed by atoms with Crippen LogP contribution in [0, 0.1) is 0 Å². The molecule has 1 aromatic carbocycles. The average Bonchev–Trinajstić information content (AvgIpc) is 2.50. The van der Waals surface area contributed by atoms with Crippen LogP contribution in [0.15, 0.2) is 24.3 Å². The van der Waals surface area contributed by atoms with Crippen molar-refractivity contribution in [2.45, 2.75) is 33.1 Å². The third-order valence-corrected chi connectivity index (χ3v) is 2.83. The average molecular weight is 293 g/mol. The number of nitrogens with one attached hydrogen (secondary N) is 1. The van der Waals surface area contributed by atoms with Crippen molar-refractivity contribution in [2.24, 2.45) is 0 Å². The maximum atomic E-state index is 11.8. The first kappa shape index (κ1) is 17.0. The van der Waals surface area contributed by atoms with Crippen molar-refractivity contribution < 1.29 is 19.1 Å². The maximum absolute atomic E-state index is 11.8. The van der Waals surface area contributed by atoms with E-state index < -0.39 is 5.97 Å². The highest BCUT2D eigenvalue weighted by Crippen LogP contribution is 2.12. The van der Waals surface area contributed by atoms with E-state index in [1.165, 1.54) is 0 Å². The predicted molar refractivity (Wildman–Crippen MR) is 80.4 cm³/mol. The fourth-order valence-electron chi connectivity index (χ4n) is 1.71. The summed E-state index contributed by atoms with van der Waals surface area (Å²) in [6.45, 7) is 4.73. The first-order valence-electron chi connectivity index (χ1n) is 7.34. The van der Waals surface area contributed by atoms with Crippen molar-refractivity contribution in [3.8, 4) is 5.75 Å². The van der Waals surface area contributed by atoms with Crippen LogP contribution in [0.4, 0.5) is 0 Å². The molecule has 0 unspecified atom stereocenters. The van der Waals surface area contributed by atoms with Gasteiger partial charge in [-0.15, -0.1) is 0 Å². The van der Waals surface area contributed by atoms with E-state index in [1.807, 2.05) is 0 Å². The van der Waals surface area contributed by atoms with Gasteiger partial charge in [-0.1, -0.05) is 19.8 Å². The van der Waals surface area contributed by atoms with Crippen LogP contribution in [-0.4, -0.2) is 31.6 Å². The second-order valence-electron chi connectivity index (χ2n) is 4.57. The van der Waals surface area contributed by atoms with E-state index in [0.717, 1.165) is 25.0 Å². The maximum Gasteiger partial charge on any atom is 0.325 e. The van der Waals surface area contributed by atoms with Gasteiger partial charge in [-0.05, 0) is 37.6 Å². The molecule has 0 spiro atoms. The van der Waals surface area contributed by atoms with Crippen LogP contribution in [0.5, 0.6) is 5.75 Å². The van der Waals surface area contributed by atoms with Crippen molar-refractivity contribution >= 4 is 11.9 Å². The first-order valence-corrected chi connectivity index (χ1v) is 7.34. The Morgan fingerprint density at radius 2 is 1.81 bits per heavy atom. The lowest BCUT2D eigenvalue weighted by Crippen LogP contribution is -2.30. The zero-order valence-electron chi connectivity index (χ0n) is 12.7. The van der Waals surface area contributed by atoms with Gasteiger partial charge in [0.15, 0.2) is 0 Å². The predicted octanol–water partition coefficient (Wildman–Crippen LogP) is 2.55. The van der Waals surface area contributed by atoms with Crippen LogP contribution in [0.1, 0.15) is 43.5 Å². The summed E-state index contributed by atoms with van der Waals surface area (Å²) in [7, 11) is 0. The normalized spacial score (nSPS) is 10.0. The highest BCUT2D eigenvalue weighted by Gasteiger charge is 2.08. The van der Waals surface area contributed by atoms with Crippen LogP contribution in [0.2, 0.25) is 0 Å². The van der Waals surface area contributed by atoms with Gasteiger partial charge < -0.3 is 14.8 Å². The van der Waals surface area contributed by atoms with Gasteiger partial charge in [-0.3, -0.25) is 9.59 Å². The first-order chi connectivity index (χ1) is 10.2. The molecule has 0 radical (unpaired) electrons. The molecular weight excluding hydrogens is 270 g/mol. The Bertz CT molecular complexity index is 442. The molecular formula is C16H23NO4. The van der Waals surface area contributed by atoms with Crippen LogP contribution in [0.3, 0.4) is 0 Å². The molecule has 5 nitrogen and oxygen atoms in total. The molecule has 0 aliphatic heterocycles. The molecule has 1 N–H and O–H groups in total. The lowest BCUT2D eigenvalue weighted by molar-refractivity contribution is -0.141. The lowest BCUT2D eigenvalue weighted by atomic mass is 10.2. The number of hydrogen-bond acceptors (Lipinski definition) is 4. The molecule has 0 aliphatic carbocycles. The molecule has 1 aromatic rings. The molecule has 0 bridgehead atoms. The lowest BCUT2D eigenvalue weighted by Gasteiger charge is -2.07. The summed E-state index contributed by atoms with van der Waals surface area (Å²) >= 11 is 0. The molecule has 0 fully saturated rings. The van der Waals surface area contributed by atoms with Crippen molar-refractivity contribution in [1.82, 2.24) is 5.32 Å². The Morgan fingerprint density at radius 3 is 2.43 bits per heavy atom. The zero-order chi connectivity index (χ0) is 15.5. The largest absolute Gasteiger partial charge is 0.494 e. The summed E-state index contributed by atoms with van der Waals surface area (Å²) in [5.74, 6) is -0.00430.